The summed E-state index contributed by atoms with van der Waals surface area (Å²) in [6.45, 7) is 3.56. The van der Waals surface area contributed by atoms with E-state index in [-0.39, 0.29) is 11.7 Å². The second kappa shape index (κ2) is 8.05. The average molecular weight is 383 g/mol. The van der Waals surface area contributed by atoms with E-state index in [0.29, 0.717) is 18.8 Å². The van der Waals surface area contributed by atoms with Gasteiger partial charge in [-0.3, -0.25) is 4.79 Å². The largest absolute Gasteiger partial charge is 0.416 e. The third-order valence-corrected chi connectivity index (χ3v) is 4.32. The van der Waals surface area contributed by atoms with Gasteiger partial charge in [0.2, 0.25) is 5.91 Å². The normalized spacial score (nSPS) is 18.4. The minimum Gasteiger partial charge on any atom is -0.380 e. The van der Waals surface area contributed by atoms with Gasteiger partial charge in [-0.2, -0.15) is 13.2 Å². The van der Waals surface area contributed by atoms with Gasteiger partial charge < -0.3 is 15.4 Å². The number of hydrogen-bond acceptors (Lipinski definition) is 5. The van der Waals surface area contributed by atoms with Gasteiger partial charge in [-0.1, -0.05) is 5.21 Å². The molecule has 0 spiro atoms. The predicted molar refractivity (Wildman–Crippen MR) is 90.9 cm³/mol. The minimum atomic E-state index is -4.41. The Balaban J connectivity index is 1.55. The molecule has 10 heteroatoms. The zero-order valence-electron chi connectivity index (χ0n) is 14.7. The van der Waals surface area contributed by atoms with Crippen molar-refractivity contribution in [2.24, 2.45) is 0 Å². The number of amides is 1. The van der Waals surface area contributed by atoms with Gasteiger partial charge >= 0.3 is 6.18 Å². The zero-order chi connectivity index (χ0) is 19.4. The van der Waals surface area contributed by atoms with Crippen LogP contribution in [-0.2, 0) is 22.3 Å². The number of carbonyl (C=O) groups excluding carboxylic acids is 1. The Morgan fingerprint density at radius 2 is 2.11 bits per heavy atom. The lowest BCUT2D eigenvalue weighted by atomic mass is 10.2. The number of aromatic nitrogens is 3. The topological polar surface area (TPSA) is 81.1 Å². The first-order valence-electron chi connectivity index (χ1n) is 8.53. The van der Waals surface area contributed by atoms with Crippen LogP contribution in [-0.4, -0.2) is 40.2 Å². The van der Waals surface area contributed by atoms with E-state index in [4.69, 9.17) is 4.74 Å². The van der Waals surface area contributed by atoms with E-state index in [1.54, 1.807) is 13.1 Å². The molecule has 7 nitrogen and oxygen atoms in total. The number of halogens is 3. The lowest BCUT2D eigenvalue weighted by Crippen LogP contribution is -2.28. The SMILES string of the molecule is CC(C(=O)Nc1ccc(C(F)(F)F)cc1)n1cc(CNC2CCOC2)nn1. The van der Waals surface area contributed by atoms with E-state index >= 15 is 0 Å². The van der Waals surface area contributed by atoms with Crippen molar-refractivity contribution in [3.05, 3.63) is 41.7 Å². The Labute approximate surface area is 153 Å². The molecule has 2 unspecified atom stereocenters. The van der Waals surface area contributed by atoms with Crippen molar-refractivity contribution in [3.63, 3.8) is 0 Å². The standard InChI is InChI=1S/C17H20F3N5O2/c1-11(16(26)22-13-4-2-12(3-5-13)17(18,19)20)25-9-15(23-24-25)8-21-14-6-7-27-10-14/h2-5,9,11,14,21H,6-8,10H2,1H3,(H,22,26). The summed E-state index contributed by atoms with van der Waals surface area (Å²) in [6.07, 6.45) is -1.80. The predicted octanol–water partition coefficient (Wildman–Crippen LogP) is 2.38. The van der Waals surface area contributed by atoms with E-state index in [9.17, 15) is 18.0 Å². The fourth-order valence-electron chi connectivity index (χ4n) is 2.64. The van der Waals surface area contributed by atoms with Crippen LogP contribution >= 0.6 is 0 Å². The fourth-order valence-corrected chi connectivity index (χ4v) is 2.64. The molecule has 146 valence electrons. The van der Waals surface area contributed by atoms with Crippen LogP contribution in [0.3, 0.4) is 0 Å². The smallest absolute Gasteiger partial charge is 0.380 e. The van der Waals surface area contributed by atoms with E-state index in [0.717, 1.165) is 25.2 Å². The molecule has 1 aromatic heterocycles. The number of anilines is 1. The lowest BCUT2D eigenvalue weighted by molar-refractivity contribution is -0.137. The Bertz CT molecular complexity index is 770. The maximum Gasteiger partial charge on any atom is 0.416 e. The fraction of sp³-hybridized carbons (Fsp3) is 0.471. The van der Waals surface area contributed by atoms with E-state index in [1.165, 1.54) is 16.8 Å². The monoisotopic (exact) mass is 383 g/mol. The highest BCUT2D eigenvalue weighted by atomic mass is 19.4. The van der Waals surface area contributed by atoms with Crippen LogP contribution in [0.4, 0.5) is 18.9 Å². The van der Waals surface area contributed by atoms with Crippen LogP contribution in [0.2, 0.25) is 0 Å². The summed E-state index contributed by atoms with van der Waals surface area (Å²) in [5.74, 6) is -0.400. The molecule has 0 bridgehead atoms. The molecule has 1 saturated heterocycles. The first kappa shape index (κ1) is 19.3. The molecule has 1 aliphatic rings. The molecular weight excluding hydrogens is 363 g/mol. The van der Waals surface area contributed by atoms with Gasteiger partial charge in [0.05, 0.1) is 24.1 Å². The molecule has 1 fully saturated rings. The summed E-state index contributed by atoms with van der Waals surface area (Å²) in [7, 11) is 0. The lowest BCUT2D eigenvalue weighted by Gasteiger charge is -2.13. The number of nitrogens with one attached hydrogen (secondary N) is 2. The maximum atomic E-state index is 12.6. The average Bonchev–Trinajstić information content (AvgIpc) is 3.30. The van der Waals surface area contributed by atoms with E-state index in [1.807, 2.05) is 0 Å². The quantitative estimate of drug-likeness (QED) is 0.801. The second-order valence-corrected chi connectivity index (χ2v) is 6.37. The number of alkyl halides is 3. The second-order valence-electron chi connectivity index (χ2n) is 6.37. The third-order valence-electron chi connectivity index (χ3n) is 4.32. The molecule has 0 radical (unpaired) electrons. The van der Waals surface area contributed by atoms with Crippen molar-refractivity contribution in [1.82, 2.24) is 20.3 Å². The molecule has 2 aromatic rings. The van der Waals surface area contributed by atoms with Gasteiger partial charge in [-0.25, -0.2) is 4.68 Å². The van der Waals surface area contributed by atoms with Gasteiger partial charge in [-0.15, -0.1) is 5.10 Å². The molecule has 0 saturated carbocycles. The first-order valence-corrected chi connectivity index (χ1v) is 8.53. The van der Waals surface area contributed by atoms with Crippen molar-refractivity contribution in [2.45, 2.75) is 38.1 Å². The number of carbonyl (C=O) groups is 1. The molecule has 1 aliphatic heterocycles. The molecule has 0 aliphatic carbocycles. The molecule has 2 N–H and O–H groups in total. The molecule has 3 rings (SSSR count). The highest BCUT2D eigenvalue weighted by molar-refractivity contribution is 5.93. The van der Waals surface area contributed by atoms with Crippen LogP contribution in [0.15, 0.2) is 30.5 Å². The van der Waals surface area contributed by atoms with E-state index in [2.05, 4.69) is 20.9 Å². The number of benzene rings is 1. The molecule has 1 aromatic carbocycles. The minimum absolute atomic E-state index is 0.281. The van der Waals surface area contributed by atoms with Gasteiger partial charge in [0, 0.05) is 24.9 Å². The summed E-state index contributed by atoms with van der Waals surface area (Å²) in [4.78, 5) is 12.3. The molecule has 27 heavy (non-hydrogen) atoms. The van der Waals surface area contributed by atoms with Crippen LogP contribution in [0.1, 0.15) is 30.6 Å². The summed E-state index contributed by atoms with van der Waals surface area (Å²) in [6, 6.07) is 3.90. The van der Waals surface area contributed by atoms with Gasteiger partial charge in [-0.05, 0) is 37.6 Å². The third kappa shape index (κ3) is 5.04. The van der Waals surface area contributed by atoms with E-state index < -0.39 is 23.7 Å². The summed E-state index contributed by atoms with van der Waals surface area (Å²) in [5.41, 5.74) is 0.203. The number of hydrogen-bond donors (Lipinski definition) is 2. The zero-order valence-corrected chi connectivity index (χ0v) is 14.7. The van der Waals surface area contributed by atoms with Crippen LogP contribution < -0.4 is 10.6 Å². The Morgan fingerprint density at radius 1 is 1.37 bits per heavy atom. The highest BCUT2D eigenvalue weighted by Crippen LogP contribution is 2.29. The number of ether oxygens (including phenoxy) is 1. The van der Waals surface area contributed by atoms with Gasteiger partial charge in [0.25, 0.3) is 0 Å². The molecule has 2 atom stereocenters. The van der Waals surface area contributed by atoms with Crippen LogP contribution in [0.5, 0.6) is 0 Å². The first-order chi connectivity index (χ1) is 12.8. The molecule has 2 heterocycles. The summed E-state index contributed by atoms with van der Waals surface area (Å²) in [5, 5.41) is 13.9. The summed E-state index contributed by atoms with van der Waals surface area (Å²) >= 11 is 0. The highest BCUT2D eigenvalue weighted by Gasteiger charge is 2.30. The van der Waals surface area contributed by atoms with Gasteiger partial charge in [0.1, 0.15) is 6.04 Å². The Hall–Kier alpha value is -2.46. The van der Waals surface area contributed by atoms with Crippen molar-refractivity contribution in [1.29, 1.82) is 0 Å². The van der Waals surface area contributed by atoms with Crippen LogP contribution in [0, 0.1) is 0 Å². The maximum absolute atomic E-state index is 12.6. The summed E-state index contributed by atoms with van der Waals surface area (Å²) < 4.78 is 44.4. The molecule has 1 amide bonds. The van der Waals surface area contributed by atoms with Gasteiger partial charge in [0.15, 0.2) is 0 Å². The molecular formula is C17H20F3N5O2. The Kier molecular flexibility index (Phi) is 5.76. The van der Waals surface area contributed by atoms with Crippen molar-refractivity contribution < 1.29 is 22.7 Å². The number of nitrogens with zero attached hydrogens (tertiary/aromatic N) is 3. The van der Waals surface area contributed by atoms with Crippen molar-refractivity contribution in [2.75, 3.05) is 18.5 Å². The van der Waals surface area contributed by atoms with Crippen LogP contribution in [0.25, 0.3) is 0 Å². The van der Waals surface area contributed by atoms with Crippen molar-refractivity contribution >= 4 is 11.6 Å². The Morgan fingerprint density at radius 3 is 2.74 bits per heavy atom. The van der Waals surface area contributed by atoms with Crippen molar-refractivity contribution in [3.8, 4) is 0 Å². The number of rotatable bonds is 6.